The van der Waals surface area contributed by atoms with Crippen LogP contribution in [0.5, 0.6) is 0 Å². The molecule has 0 radical (unpaired) electrons. The molecule has 2 aromatic rings. The second kappa shape index (κ2) is 8.79. The van der Waals surface area contributed by atoms with Crippen molar-refractivity contribution in [1.29, 1.82) is 0 Å². The number of hydrogen-bond donors (Lipinski definition) is 3. The maximum absolute atomic E-state index is 12.5. The lowest BCUT2D eigenvalue weighted by Crippen LogP contribution is -2.49. The molecule has 7 heteroatoms. The molecular weight excluding hydrogens is 396 g/mol. The van der Waals surface area contributed by atoms with E-state index in [0.29, 0.717) is 5.92 Å². The quantitative estimate of drug-likeness (QED) is 0.606. The van der Waals surface area contributed by atoms with Gasteiger partial charge in [-0.05, 0) is 34.6 Å². The van der Waals surface area contributed by atoms with Crippen LogP contribution in [0.15, 0.2) is 48.5 Å². The molecule has 0 aromatic heterocycles. The van der Waals surface area contributed by atoms with Crippen molar-refractivity contribution >= 4 is 18.0 Å². The van der Waals surface area contributed by atoms with Crippen LogP contribution in [0.1, 0.15) is 43.2 Å². The second-order valence-corrected chi connectivity index (χ2v) is 8.14. The molecule has 1 saturated carbocycles. The Morgan fingerprint density at radius 2 is 1.68 bits per heavy atom. The minimum absolute atomic E-state index is 0.0538. The fourth-order valence-electron chi connectivity index (χ4n) is 4.33. The summed E-state index contributed by atoms with van der Waals surface area (Å²) in [5.74, 6) is -1.34. The molecule has 0 spiro atoms. The second-order valence-electron chi connectivity index (χ2n) is 8.14. The van der Waals surface area contributed by atoms with Crippen molar-refractivity contribution in [3.8, 4) is 11.1 Å². The lowest BCUT2D eigenvalue weighted by atomic mass is 9.98. The maximum Gasteiger partial charge on any atom is 0.407 e. The molecule has 1 unspecified atom stereocenters. The molecule has 3 atom stereocenters. The number of carboxylic acids is 1. The van der Waals surface area contributed by atoms with Crippen LogP contribution in [0.3, 0.4) is 0 Å². The number of fused-ring (bicyclic) bond motifs is 3. The lowest BCUT2D eigenvalue weighted by Gasteiger charge is -2.19. The number of hydrogen-bond acceptors (Lipinski definition) is 4. The molecule has 7 nitrogen and oxygen atoms in total. The first-order valence-corrected chi connectivity index (χ1v) is 10.6. The molecule has 1 fully saturated rings. The van der Waals surface area contributed by atoms with Crippen molar-refractivity contribution in [1.82, 2.24) is 10.6 Å². The normalized spacial score (nSPS) is 19.6. The fraction of sp³-hybridized carbons (Fsp3) is 0.375. The number of carbonyl (C=O) groups excluding carboxylic acids is 2. The predicted molar refractivity (Wildman–Crippen MR) is 115 cm³/mol. The van der Waals surface area contributed by atoms with E-state index in [1.807, 2.05) is 55.5 Å². The number of alkyl carbamates (subject to hydrolysis) is 1. The molecule has 2 aliphatic rings. The highest BCUT2D eigenvalue weighted by molar-refractivity contribution is 5.89. The number of carbonyl (C=O) groups is 3. The number of rotatable bonds is 8. The van der Waals surface area contributed by atoms with Gasteiger partial charge in [0, 0.05) is 12.0 Å². The van der Waals surface area contributed by atoms with Crippen molar-refractivity contribution in [2.45, 2.75) is 44.2 Å². The molecule has 0 aliphatic heterocycles. The van der Waals surface area contributed by atoms with Gasteiger partial charge in [0.1, 0.15) is 12.6 Å². The first-order chi connectivity index (χ1) is 15.0. The van der Waals surface area contributed by atoms with E-state index in [1.165, 1.54) is 0 Å². The largest absolute Gasteiger partial charge is 0.481 e. The third-order valence-electron chi connectivity index (χ3n) is 6.11. The van der Waals surface area contributed by atoms with Gasteiger partial charge in [-0.25, -0.2) is 4.79 Å². The van der Waals surface area contributed by atoms with Gasteiger partial charge in [-0.3, -0.25) is 9.59 Å². The summed E-state index contributed by atoms with van der Waals surface area (Å²) >= 11 is 0. The van der Waals surface area contributed by atoms with E-state index in [2.05, 4.69) is 10.6 Å². The van der Waals surface area contributed by atoms with Crippen LogP contribution in [0.25, 0.3) is 11.1 Å². The molecule has 31 heavy (non-hydrogen) atoms. The van der Waals surface area contributed by atoms with E-state index in [4.69, 9.17) is 9.84 Å². The number of nitrogens with one attached hydrogen (secondary N) is 2. The third-order valence-corrected chi connectivity index (χ3v) is 6.11. The number of benzene rings is 2. The average molecular weight is 422 g/mol. The summed E-state index contributed by atoms with van der Waals surface area (Å²) in [6, 6.07) is 14.9. The Bertz CT molecular complexity index is 959. The van der Waals surface area contributed by atoms with E-state index in [0.717, 1.165) is 35.1 Å². The van der Waals surface area contributed by atoms with Crippen LogP contribution >= 0.6 is 0 Å². The SMILES string of the molecule is CC[C@@H]1C[C@H]1NC(=O)C(CC(=O)O)NC(=O)OCC1c2ccccc2-c2ccccc21. The minimum atomic E-state index is -1.17. The molecule has 0 saturated heterocycles. The molecule has 4 rings (SSSR count). The van der Waals surface area contributed by atoms with Gasteiger partial charge in [0.05, 0.1) is 6.42 Å². The molecule has 3 N–H and O–H groups in total. The zero-order valence-corrected chi connectivity index (χ0v) is 17.3. The Morgan fingerprint density at radius 1 is 1.06 bits per heavy atom. The van der Waals surface area contributed by atoms with Gasteiger partial charge in [-0.1, -0.05) is 61.9 Å². The Morgan fingerprint density at radius 3 is 2.23 bits per heavy atom. The summed E-state index contributed by atoms with van der Waals surface area (Å²) in [7, 11) is 0. The monoisotopic (exact) mass is 422 g/mol. The highest BCUT2D eigenvalue weighted by Gasteiger charge is 2.38. The highest BCUT2D eigenvalue weighted by atomic mass is 16.5. The van der Waals surface area contributed by atoms with Crippen LogP contribution in [0.4, 0.5) is 4.79 Å². The van der Waals surface area contributed by atoms with Crippen molar-refractivity contribution in [2.75, 3.05) is 6.61 Å². The molecular formula is C24H26N2O5. The Labute approximate surface area is 180 Å². The van der Waals surface area contributed by atoms with Gasteiger partial charge in [0.15, 0.2) is 0 Å². The zero-order chi connectivity index (χ0) is 22.0. The zero-order valence-electron chi connectivity index (χ0n) is 17.3. The third kappa shape index (κ3) is 4.55. The van der Waals surface area contributed by atoms with Gasteiger partial charge >= 0.3 is 12.1 Å². The fourth-order valence-corrected chi connectivity index (χ4v) is 4.33. The van der Waals surface area contributed by atoms with Crippen molar-refractivity contribution in [3.05, 3.63) is 59.7 Å². The van der Waals surface area contributed by atoms with E-state index in [9.17, 15) is 14.4 Å². The lowest BCUT2D eigenvalue weighted by molar-refractivity contribution is -0.139. The standard InChI is InChI=1S/C24H26N2O5/c1-2-14-11-20(14)25-23(29)21(12-22(27)28)26-24(30)31-13-19-17-9-5-3-7-15(17)16-8-4-6-10-18(16)19/h3-10,14,19-21H,2,11-13H2,1H3,(H,25,29)(H,26,30)(H,27,28)/t14-,20-,21?/m1/s1. The molecule has 2 aliphatic carbocycles. The van der Waals surface area contributed by atoms with Crippen LogP contribution in [0, 0.1) is 5.92 Å². The summed E-state index contributed by atoms with van der Waals surface area (Å²) in [5.41, 5.74) is 4.39. The molecule has 2 aromatic carbocycles. The molecule has 0 heterocycles. The Hall–Kier alpha value is -3.35. The van der Waals surface area contributed by atoms with Crippen molar-refractivity contribution in [3.63, 3.8) is 0 Å². The van der Waals surface area contributed by atoms with Gasteiger partial charge in [0.2, 0.25) is 5.91 Å². The number of amides is 2. The molecule has 162 valence electrons. The van der Waals surface area contributed by atoms with E-state index in [-0.39, 0.29) is 18.6 Å². The van der Waals surface area contributed by atoms with Crippen molar-refractivity contribution in [2.24, 2.45) is 5.92 Å². The van der Waals surface area contributed by atoms with Crippen LogP contribution in [-0.4, -0.2) is 41.8 Å². The summed E-state index contributed by atoms with van der Waals surface area (Å²) in [5, 5.41) is 14.4. The van der Waals surface area contributed by atoms with Gasteiger partial charge in [-0.2, -0.15) is 0 Å². The van der Waals surface area contributed by atoms with Crippen LogP contribution in [-0.2, 0) is 14.3 Å². The molecule has 0 bridgehead atoms. The minimum Gasteiger partial charge on any atom is -0.481 e. The van der Waals surface area contributed by atoms with Gasteiger partial charge in [0.25, 0.3) is 0 Å². The van der Waals surface area contributed by atoms with Gasteiger partial charge in [-0.15, -0.1) is 0 Å². The number of carboxylic acid groups (broad SMARTS) is 1. The maximum atomic E-state index is 12.5. The summed E-state index contributed by atoms with van der Waals surface area (Å²) in [4.78, 5) is 36.1. The summed E-state index contributed by atoms with van der Waals surface area (Å²) in [6.07, 6.45) is 0.534. The number of aliphatic carboxylic acids is 1. The predicted octanol–water partition coefficient (Wildman–Crippen LogP) is 3.28. The van der Waals surface area contributed by atoms with Crippen molar-refractivity contribution < 1.29 is 24.2 Å². The smallest absolute Gasteiger partial charge is 0.407 e. The highest BCUT2D eigenvalue weighted by Crippen LogP contribution is 2.44. The van der Waals surface area contributed by atoms with Crippen LogP contribution < -0.4 is 10.6 Å². The van der Waals surface area contributed by atoms with E-state index in [1.54, 1.807) is 0 Å². The van der Waals surface area contributed by atoms with Gasteiger partial charge < -0.3 is 20.5 Å². The number of ether oxygens (including phenoxy) is 1. The van der Waals surface area contributed by atoms with E-state index >= 15 is 0 Å². The van der Waals surface area contributed by atoms with Crippen LogP contribution in [0.2, 0.25) is 0 Å². The van der Waals surface area contributed by atoms with E-state index < -0.39 is 30.4 Å². The summed E-state index contributed by atoms with van der Waals surface area (Å²) in [6.45, 7) is 2.14. The Kier molecular flexibility index (Phi) is 5.93. The molecule has 2 amide bonds. The Balaban J connectivity index is 1.39. The summed E-state index contributed by atoms with van der Waals surface area (Å²) < 4.78 is 5.44. The topological polar surface area (TPSA) is 105 Å². The first kappa shape index (κ1) is 20.9. The first-order valence-electron chi connectivity index (χ1n) is 10.6. The average Bonchev–Trinajstić information content (AvgIpc) is 3.43.